The van der Waals surface area contributed by atoms with Crippen molar-refractivity contribution in [2.24, 2.45) is 5.92 Å². The lowest BCUT2D eigenvalue weighted by Gasteiger charge is -2.30. The normalized spacial score (nSPS) is 12.6. The predicted octanol–water partition coefficient (Wildman–Crippen LogP) is 3.95. The van der Waals surface area contributed by atoms with Crippen LogP contribution in [0.5, 0.6) is 0 Å². The van der Waals surface area contributed by atoms with Gasteiger partial charge in [0, 0.05) is 31.7 Å². The molecular weight excluding hydrogens is 333 g/mol. The molecule has 0 unspecified atom stereocenters. The Labute approximate surface area is 154 Å². The number of hydrogen-bond acceptors (Lipinski definition) is 4. The van der Waals surface area contributed by atoms with Crippen molar-refractivity contribution in [3.05, 3.63) is 53.5 Å². The molecule has 26 heavy (non-hydrogen) atoms. The average Bonchev–Trinajstić information content (AvgIpc) is 3.09. The molecule has 2 rings (SSSR count). The van der Waals surface area contributed by atoms with Crippen LogP contribution in [0.1, 0.15) is 49.6 Å². The van der Waals surface area contributed by atoms with Gasteiger partial charge in [-0.25, -0.2) is 9.37 Å². The van der Waals surface area contributed by atoms with Crippen LogP contribution in [-0.4, -0.2) is 40.3 Å². The minimum atomic E-state index is -0.221. The third-order valence-electron chi connectivity index (χ3n) is 4.80. The molecule has 0 aliphatic heterocycles. The fourth-order valence-corrected chi connectivity index (χ4v) is 2.61. The molecule has 0 saturated carbocycles. The molecule has 0 bridgehead atoms. The van der Waals surface area contributed by atoms with Crippen molar-refractivity contribution >= 4 is 5.91 Å². The summed E-state index contributed by atoms with van der Waals surface area (Å²) < 4.78 is 19.6. The summed E-state index contributed by atoms with van der Waals surface area (Å²) in [6.07, 6.45) is 1.39. The highest BCUT2D eigenvalue weighted by molar-refractivity contribution is 5.91. The lowest BCUT2D eigenvalue weighted by atomic mass is 10.0. The van der Waals surface area contributed by atoms with E-state index in [9.17, 15) is 9.18 Å². The van der Waals surface area contributed by atoms with E-state index < -0.39 is 0 Å². The zero-order valence-electron chi connectivity index (χ0n) is 16.2. The van der Waals surface area contributed by atoms with Gasteiger partial charge in [0.2, 0.25) is 5.89 Å². The number of rotatable bonds is 8. The van der Waals surface area contributed by atoms with Crippen molar-refractivity contribution in [3.63, 3.8) is 0 Å². The Morgan fingerprint density at radius 3 is 2.54 bits per heavy atom. The summed E-state index contributed by atoms with van der Waals surface area (Å²) in [7, 11) is 1.72. The van der Waals surface area contributed by atoms with Gasteiger partial charge in [-0.15, -0.1) is 0 Å². The Kier molecular flexibility index (Phi) is 6.91. The first-order valence-corrected chi connectivity index (χ1v) is 9.00. The molecule has 0 aliphatic carbocycles. The van der Waals surface area contributed by atoms with Crippen LogP contribution in [-0.2, 0) is 13.1 Å². The molecule has 142 valence electrons. The second-order valence-corrected chi connectivity index (χ2v) is 6.93. The van der Waals surface area contributed by atoms with Crippen molar-refractivity contribution in [1.82, 2.24) is 14.8 Å². The number of benzene rings is 1. The maximum atomic E-state index is 14.1. The van der Waals surface area contributed by atoms with Gasteiger partial charge in [0.25, 0.3) is 5.91 Å². The van der Waals surface area contributed by atoms with Gasteiger partial charge in [-0.1, -0.05) is 32.0 Å². The van der Waals surface area contributed by atoms with E-state index in [0.29, 0.717) is 42.7 Å². The summed E-state index contributed by atoms with van der Waals surface area (Å²) in [5.74, 6) is 0.451. The van der Waals surface area contributed by atoms with Crippen LogP contribution < -0.4 is 0 Å². The van der Waals surface area contributed by atoms with Gasteiger partial charge in [0.05, 0.1) is 6.54 Å². The number of hydrogen-bond donors (Lipinski definition) is 0. The van der Waals surface area contributed by atoms with Gasteiger partial charge in [-0.2, -0.15) is 0 Å². The van der Waals surface area contributed by atoms with Crippen LogP contribution in [0, 0.1) is 11.7 Å². The van der Waals surface area contributed by atoms with Gasteiger partial charge < -0.3 is 9.32 Å². The molecule has 0 spiro atoms. The first kappa shape index (κ1) is 20.1. The van der Waals surface area contributed by atoms with Crippen LogP contribution >= 0.6 is 0 Å². The summed E-state index contributed by atoms with van der Waals surface area (Å²) in [4.78, 5) is 20.2. The largest absolute Gasteiger partial charge is 0.447 e. The van der Waals surface area contributed by atoms with Crippen LogP contribution in [0.4, 0.5) is 4.39 Å². The number of amides is 1. The summed E-state index contributed by atoms with van der Waals surface area (Å²) >= 11 is 0. The Hall–Kier alpha value is -2.21. The van der Waals surface area contributed by atoms with Gasteiger partial charge >= 0.3 is 0 Å². The van der Waals surface area contributed by atoms with Crippen molar-refractivity contribution < 1.29 is 13.6 Å². The van der Waals surface area contributed by atoms with Crippen LogP contribution in [0.2, 0.25) is 0 Å². The molecule has 1 atom stereocenters. The maximum Gasteiger partial charge on any atom is 0.275 e. The topological polar surface area (TPSA) is 49.6 Å². The summed E-state index contributed by atoms with van der Waals surface area (Å²) in [6, 6.07) is 6.97. The number of aromatic nitrogens is 1. The fourth-order valence-electron chi connectivity index (χ4n) is 2.61. The third kappa shape index (κ3) is 4.91. The highest BCUT2D eigenvalue weighted by atomic mass is 19.1. The van der Waals surface area contributed by atoms with E-state index in [1.165, 1.54) is 12.3 Å². The minimum absolute atomic E-state index is 0.167. The lowest BCUT2D eigenvalue weighted by Crippen LogP contribution is -2.36. The van der Waals surface area contributed by atoms with E-state index in [1.54, 1.807) is 24.1 Å². The van der Waals surface area contributed by atoms with E-state index in [0.717, 1.165) is 0 Å². The molecule has 5 nitrogen and oxygen atoms in total. The zero-order valence-corrected chi connectivity index (χ0v) is 16.2. The Bertz CT molecular complexity index is 729. The van der Waals surface area contributed by atoms with Gasteiger partial charge in [-0.05, 0) is 25.8 Å². The molecule has 0 saturated heterocycles. The maximum absolute atomic E-state index is 14.1. The Morgan fingerprint density at radius 1 is 1.23 bits per heavy atom. The van der Waals surface area contributed by atoms with E-state index in [4.69, 9.17) is 4.42 Å². The second-order valence-electron chi connectivity index (χ2n) is 6.93. The molecule has 0 aliphatic rings. The molecule has 1 aromatic carbocycles. The molecule has 1 heterocycles. The first-order valence-electron chi connectivity index (χ1n) is 9.00. The molecule has 1 aromatic heterocycles. The van der Waals surface area contributed by atoms with Crippen molar-refractivity contribution in [2.45, 2.75) is 46.8 Å². The van der Waals surface area contributed by atoms with E-state index in [1.807, 2.05) is 13.0 Å². The first-order chi connectivity index (χ1) is 12.3. The fraction of sp³-hybridized carbons (Fsp3) is 0.500. The SMILES string of the molecule is CCN(C)C(=O)c1coc(CN(Cc2ccccc2F)[C@@H](C)C(C)C)n1. The molecule has 0 N–H and O–H groups in total. The van der Waals surface area contributed by atoms with E-state index >= 15 is 0 Å². The lowest BCUT2D eigenvalue weighted by molar-refractivity contribution is 0.0796. The standard InChI is InChI=1S/C20H28FN3O2/c1-6-23(5)20(25)18-13-26-19(22-18)12-24(15(4)14(2)3)11-16-9-7-8-10-17(16)21/h7-10,13-15H,6,11-12H2,1-5H3/t15-/m0/s1. The van der Waals surface area contributed by atoms with Crippen LogP contribution in [0.3, 0.4) is 0 Å². The highest BCUT2D eigenvalue weighted by Gasteiger charge is 2.22. The molecule has 0 radical (unpaired) electrons. The highest BCUT2D eigenvalue weighted by Crippen LogP contribution is 2.19. The average molecular weight is 361 g/mol. The monoisotopic (exact) mass is 361 g/mol. The number of carbonyl (C=O) groups is 1. The van der Waals surface area contributed by atoms with Gasteiger partial charge in [0.1, 0.15) is 12.1 Å². The molecule has 6 heteroatoms. The van der Waals surface area contributed by atoms with Crippen molar-refractivity contribution in [3.8, 4) is 0 Å². The van der Waals surface area contributed by atoms with Crippen LogP contribution in [0.25, 0.3) is 0 Å². The molecule has 1 amide bonds. The van der Waals surface area contributed by atoms with Crippen molar-refractivity contribution in [2.75, 3.05) is 13.6 Å². The number of halogens is 1. The second kappa shape index (κ2) is 8.94. The van der Waals surface area contributed by atoms with Gasteiger partial charge in [0.15, 0.2) is 5.69 Å². The molecule has 0 fully saturated rings. The molecular formula is C20H28FN3O2. The van der Waals surface area contributed by atoms with Crippen molar-refractivity contribution in [1.29, 1.82) is 0 Å². The number of carbonyl (C=O) groups excluding carboxylic acids is 1. The summed E-state index contributed by atoms with van der Waals surface area (Å²) in [6.45, 7) is 9.72. The van der Waals surface area contributed by atoms with Crippen LogP contribution in [0.15, 0.2) is 34.9 Å². The Morgan fingerprint density at radius 2 is 1.92 bits per heavy atom. The molecule has 2 aromatic rings. The summed E-state index contributed by atoms with van der Waals surface area (Å²) in [5, 5.41) is 0. The summed E-state index contributed by atoms with van der Waals surface area (Å²) in [5.41, 5.74) is 0.931. The number of nitrogens with zero attached hydrogens (tertiary/aromatic N) is 3. The smallest absolute Gasteiger partial charge is 0.275 e. The quantitative estimate of drug-likeness (QED) is 0.714. The van der Waals surface area contributed by atoms with E-state index in [2.05, 4.69) is 30.7 Å². The zero-order chi connectivity index (χ0) is 19.3. The third-order valence-corrected chi connectivity index (χ3v) is 4.80. The number of oxazole rings is 1. The minimum Gasteiger partial charge on any atom is -0.447 e. The van der Waals surface area contributed by atoms with Gasteiger partial charge in [-0.3, -0.25) is 9.69 Å². The Balaban J connectivity index is 2.18. The van der Waals surface area contributed by atoms with E-state index in [-0.39, 0.29) is 17.8 Å². The predicted molar refractivity (Wildman–Crippen MR) is 99.1 cm³/mol.